The molecule has 0 aromatic heterocycles. The lowest BCUT2D eigenvalue weighted by Gasteiger charge is -2.06. The van der Waals surface area contributed by atoms with Crippen molar-refractivity contribution in [2.24, 2.45) is 0 Å². The Hall–Kier alpha value is -1.16. The van der Waals surface area contributed by atoms with Gasteiger partial charge >= 0.3 is 0 Å². The highest BCUT2D eigenvalue weighted by molar-refractivity contribution is 8.00. The summed E-state index contributed by atoms with van der Waals surface area (Å²) in [5.41, 5.74) is 0. The minimum absolute atomic E-state index is 0.0905. The van der Waals surface area contributed by atoms with Gasteiger partial charge in [0.15, 0.2) is 0 Å². The normalized spacial score (nSPS) is 10.9. The minimum Gasteiger partial charge on any atom is -0.508 e. The van der Waals surface area contributed by atoms with Crippen LogP contribution in [0.15, 0.2) is 29.2 Å². The molecule has 1 aromatic rings. The minimum atomic E-state index is 0.0905. The van der Waals surface area contributed by atoms with Crippen molar-refractivity contribution in [2.75, 3.05) is 12.3 Å². The van der Waals surface area contributed by atoms with Crippen LogP contribution in [0.25, 0.3) is 0 Å². The quantitative estimate of drug-likeness (QED) is 0.202. The Labute approximate surface area is 177 Å². The van der Waals surface area contributed by atoms with Gasteiger partial charge in [-0.2, -0.15) is 0 Å². The van der Waals surface area contributed by atoms with Gasteiger partial charge in [0, 0.05) is 11.4 Å². The molecule has 4 heteroatoms. The molecule has 1 amide bonds. The lowest BCUT2D eigenvalue weighted by atomic mass is 10.0. The molecule has 1 aromatic carbocycles. The zero-order valence-corrected chi connectivity index (χ0v) is 18.7. The van der Waals surface area contributed by atoms with Gasteiger partial charge in [-0.05, 0) is 30.7 Å². The van der Waals surface area contributed by atoms with Gasteiger partial charge in [-0.25, -0.2) is 0 Å². The first-order valence-corrected chi connectivity index (χ1v) is 12.4. The first-order chi connectivity index (χ1) is 13.7. The lowest BCUT2D eigenvalue weighted by Crippen LogP contribution is -2.26. The summed E-state index contributed by atoms with van der Waals surface area (Å²) in [6, 6.07) is 6.96. The average Bonchev–Trinajstić information content (AvgIpc) is 2.70. The SMILES string of the molecule is CCCCCCCCCCCCCCCCNC(=O)CSc1ccc(O)cc1. The molecule has 160 valence electrons. The monoisotopic (exact) mass is 407 g/mol. The van der Waals surface area contributed by atoms with Crippen molar-refractivity contribution >= 4 is 17.7 Å². The van der Waals surface area contributed by atoms with Gasteiger partial charge in [-0.15, -0.1) is 11.8 Å². The van der Waals surface area contributed by atoms with Gasteiger partial charge in [0.1, 0.15) is 5.75 Å². The molecule has 2 N–H and O–H groups in total. The van der Waals surface area contributed by atoms with Gasteiger partial charge < -0.3 is 10.4 Å². The smallest absolute Gasteiger partial charge is 0.230 e. The van der Waals surface area contributed by atoms with E-state index in [2.05, 4.69) is 12.2 Å². The number of unbranched alkanes of at least 4 members (excludes halogenated alkanes) is 13. The molecule has 0 heterocycles. The number of benzene rings is 1. The van der Waals surface area contributed by atoms with E-state index in [1.54, 1.807) is 12.1 Å². The van der Waals surface area contributed by atoms with Crippen LogP contribution in [0.4, 0.5) is 0 Å². The zero-order chi connectivity index (χ0) is 20.3. The molecule has 28 heavy (non-hydrogen) atoms. The van der Waals surface area contributed by atoms with Gasteiger partial charge in [-0.3, -0.25) is 4.79 Å². The summed E-state index contributed by atoms with van der Waals surface area (Å²) in [5.74, 6) is 0.781. The van der Waals surface area contributed by atoms with E-state index in [4.69, 9.17) is 0 Å². The molecule has 1 rings (SSSR count). The summed E-state index contributed by atoms with van der Waals surface area (Å²) < 4.78 is 0. The number of aromatic hydroxyl groups is 1. The molecule has 0 unspecified atom stereocenters. The lowest BCUT2D eigenvalue weighted by molar-refractivity contribution is -0.118. The molecular weight excluding hydrogens is 366 g/mol. The van der Waals surface area contributed by atoms with E-state index in [1.165, 1.54) is 95.2 Å². The molecule has 0 aliphatic rings. The second kappa shape index (κ2) is 17.9. The van der Waals surface area contributed by atoms with Crippen LogP contribution < -0.4 is 5.32 Å². The fourth-order valence-electron chi connectivity index (χ4n) is 3.29. The maximum absolute atomic E-state index is 11.8. The highest BCUT2D eigenvalue weighted by atomic mass is 32.2. The number of rotatable bonds is 18. The molecule has 0 spiro atoms. The van der Waals surface area contributed by atoms with Crippen molar-refractivity contribution in [3.05, 3.63) is 24.3 Å². The second-order valence-corrected chi connectivity index (χ2v) is 8.78. The van der Waals surface area contributed by atoms with E-state index >= 15 is 0 Å². The number of amides is 1. The van der Waals surface area contributed by atoms with Crippen LogP contribution in [-0.2, 0) is 4.79 Å². The summed E-state index contributed by atoms with van der Waals surface area (Å²) in [6.45, 7) is 3.06. The molecule has 0 bridgehead atoms. The van der Waals surface area contributed by atoms with Crippen molar-refractivity contribution in [2.45, 2.75) is 102 Å². The van der Waals surface area contributed by atoms with Gasteiger partial charge in [0.2, 0.25) is 5.91 Å². The number of phenolic OH excluding ortho intramolecular Hbond substituents is 1. The van der Waals surface area contributed by atoms with Crippen molar-refractivity contribution in [3.8, 4) is 5.75 Å². The molecule has 0 saturated heterocycles. The van der Waals surface area contributed by atoms with Crippen LogP contribution in [0.5, 0.6) is 5.75 Å². The third-order valence-electron chi connectivity index (χ3n) is 5.06. The molecule has 0 radical (unpaired) electrons. The van der Waals surface area contributed by atoms with Crippen LogP contribution >= 0.6 is 11.8 Å². The first-order valence-electron chi connectivity index (χ1n) is 11.4. The van der Waals surface area contributed by atoms with Crippen molar-refractivity contribution < 1.29 is 9.90 Å². The third kappa shape index (κ3) is 14.8. The number of thioether (sulfide) groups is 1. The molecule has 0 fully saturated rings. The standard InChI is InChI=1S/C24H41NO2S/c1-2-3-4-5-6-7-8-9-10-11-12-13-14-15-20-25-24(27)21-28-23-18-16-22(26)17-19-23/h16-19,26H,2-15,20-21H2,1H3,(H,25,27). The first kappa shape index (κ1) is 24.9. The maximum atomic E-state index is 11.8. The Kier molecular flexibility index (Phi) is 15.9. The Bertz CT molecular complexity index is 490. The number of carbonyl (C=O) groups is 1. The number of phenols is 1. The molecule has 0 atom stereocenters. The van der Waals surface area contributed by atoms with E-state index in [0.717, 1.165) is 17.9 Å². The molecular formula is C24H41NO2S. The Morgan fingerprint density at radius 2 is 1.25 bits per heavy atom. The molecule has 0 aliphatic heterocycles. The van der Waals surface area contributed by atoms with Gasteiger partial charge in [0.05, 0.1) is 5.75 Å². The van der Waals surface area contributed by atoms with Crippen LogP contribution in [-0.4, -0.2) is 23.3 Å². The average molecular weight is 408 g/mol. The van der Waals surface area contributed by atoms with Crippen molar-refractivity contribution in [1.29, 1.82) is 0 Å². The molecule has 0 saturated carbocycles. The second-order valence-electron chi connectivity index (χ2n) is 7.73. The number of carbonyl (C=O) groups excluding carboxylic acids is 1. The zero-order valence-electron chi connectivity index (χ0n) is 17.9. The third-order valence-corrected chi connectivity index (χ3v) is 6.07. The predicted octanol–water partition coefficient (Wildman–Crippen LogP) is 7.08. The summed E-state index contributed by atoms with van der Waals surface area (Å²) in [7, 11) is 0. The van der Waals surface area contributed by atoms with E-state index in [1.807, 2.05) is 12.1 Å². The Morgan fingerprint density at radius 3 is 1.75 bits per heavy atom. The largest absolute Gasteiger partial charge is 0.508 e. The van der Waals surface area contributed by atoms with E-state index in [0.29, 0.717) is 5.75 Å². The molecule has 3 nitrogen and oxygen atoms in total. The fourth-order valence-corrected chi connectivity index (χ4v) is 4.02. The summed E-state index contributed by atoms with van der Waals surface area (Å²) in [4.78, 5) is 12.8. The Morgan fingerprint density at radius 1 is 0.786 bits per heavy atom. The van der Waals surface area contributed by atoms with Gasteiger partial charge in [0.25, 0.3) is 0 Å². The summed E-state index contributed by atoms with van der Waals surface area (Å²) in [5, 5.41) is 12.2. The number of hydrogen-bond acceptors (Lipinski definition) is 3. The van der Waals surface area contributed by atoms with Crippen LogP contribution in [0.3, 0.4) is 0 Å². The maximum Gasteiger partial charge on any atom is 0.230 e. The van der Waals surface area contributed by atoms with E-state index < -0.39 is 0 Å². The number of hydrogen-bond donors (Lipinski definition) is 2. The van der Waals surface area contributed by atoms with Crippen molar-refractivity contribution in [1.82, 2.24) is 5.32 Å². The van der Waals surface area contributed by atoms with Crippen LogP contribution in [0, 0.1) is 0 Å². The van der Waals surface area contributed by atoms with Gasteiger partial charge in [-0.1, -0.05) is 90.4 Å². The topological polar surface area (TPSA) is 49.3 Å². The highest BCUT2D eigenvalue weighted by Gasteiger charge is 2.02. The predicted molar refractivity (Wildman–Crippen MR) is 122 cm³/mol. The van der Waals surface area contributed by atoms with Crippen molar-refractivity contribution in [3.63, 3.8) is 0 Å². The van der Waals surface area contributed by atoms with E-state index in [9.17, 15) is 9.90 Å². The number of nitrogens with one attached hydrogen (secondary N) is 1. The van der Waals surface area contributed by atoms with Crippen LogP contribution in [0.2, 0.25) is 0 Å². The fraction of sp³-hybridized carbons (Fsp3) is 0.708. The van der Waals surface area contributed by atoms with Crippen LogP contribution in [0.1, 0.15) is 96.8 Å². The summed E-state index contributed by atoms with van der Waals surface area (Å²) >= 11 is 1.50. The summed E-state index contributed by atoms with van der Waals surface area (Å²) in [6.07, 6.45) is 18.9. The molecule has 0 aliphatic carbocycles. The highest BCUT2D eigenvalue weighted by Crippen LogP contribution is 2.20. The van der Waals surface area contributed by atoms with E-state index in [-0.39, 0.29) is 11.7 Å². The Balaban J connectivity index is 1.80.